The van der Waals surface area contributed by atoms with E-state index in [0.29, 0.717) is 83.5 Å². The van der Waals surface area contributed by atoms with Crippen LogP contribution in [0.4, 0.5) is 14.6 Å². The number of benzene rings is 4. The molecule has 0 radical (unpaired) electrons. The summed E-state index contributed by atoms with van der Waals surface area (Å²) < 4.78 is 50.3. The zero-order valence-electron chi connectivity index (χ0n) is 44.0. The number of amides is 2. The van der Waals surface area contributed by atoms with E-state index in [4.69, 9.17) is 35.8 Å². The number of anilines is 1. The molecule has 22 heteroatoms. The van der Waals surface area contributed by atoms with Crippen LogP contribution in [0.25, 0.3) is 55.4 Å². The third-order valence-corrected chi connectivity index (χ3v) is 15.5. The third kappa shape index (κ3) is 10.4. The summed E-state index contributed by atoms with van der Waals surface area (Å²) in [5, 5.41) is 45.2. The number of aromatic nitrogens is 8. The summed E-state index contributed by atoms with van der Waals surface area (Å²) in [5.41, 5.74) is 5.35. The van der Waals surface area contributed by atoms with Gasteiger partial charge in [-0.05, 0) is 67.1 Å². The predicted molar refractivity (Wildman–Crippen MR) is 291 cm³/mol. The van der Waals surface area contributed by atoms with Gasteiger partial charge in [-0.1, -0.05) is 79.2 Å². The molecule has 5 N–H and O–H groups in total. The van der Waals surface area contributed by atoms with Crippen molar-refractivity contribution in [2.45, 2.75) is 89.6 Å². The standard InChI is InChI=1S/C57H59ClF2N12O7/c1-29(2)52(56(76)71-24-38(74)18-47(71)55(75)64-46(26-73)34-12-14-35(15-13-34)50-42(59)7-6-16-61-50)72-25-45(68-69-72)33-10-8-32(9-11-33)28-78-53-49(48-31(4)43(60)20-44-40(48)22-63-67-44)41(58)19-39-51(53)65-57(79-27-30(3)77-5)66-54(39)70-23-36-17-37(70)21-62-36/h6-16,19-20,22,25,29-30,36-38,46-47,52,62,73-74H,17-18,21,23-24,26-28H2,1-5H3,(H,63,67)(H,64,75)/t30-,36-,37-,38+,46-,47-,52-/m0/s1. The Hall–Kier alpha value is -7.69. The molecule has 7 heterocycles. The van der Waals surface area contributed by atoms with E-state index >= 15 is 4.39 Å². The van der Waals surface area contributed by atoms with Gasteiger partial charge in [0.1, 0.15) is 59.7 Å². The summed E-state index contributed by atoms with van der Waals surface area (Å²) in [4.78, 5) is 46.2. The van der Waals surface area contributed by atoms with Crippen LogP contribution in [0.15, 0.2) is 91.4 Å². The number of aliphatic hydroxyl groups is 2. The molecule has 2 bridgehead atoms. The molecule has 7 atom stereocenters. The molecule has 0 aliphatic carbocycles. The largest absolute Gasteiger partial charge is 0.486 e. The van der Waals surface area contributed by atoms with Crippen LogP contribution in [0.2, 0.25) is 5.02 Å². The summed E-state index contributed by atoms with van der Waals surface area (Å²) in [6, 6.07) is 18.0. The first-order chi connectivity index (χ1) is 38.2. The number of methoxy groups -OCH3 is 1. The highest BCUT2D eigenvalue weighted by molar-refractivity contribution is 6.35. The molecule has 3 aliphatic heterocycles. The number of carbonyl (C=O) groups is 2. The highest BCUT2D eigenvalue weighted by Crippen LogP contribution is 2.49. The van der Waals surface area contributed by atoms with E-state index in [-0.39, 0.29) is 55.9 Å². The van der Waals surface area contributed by atoms with Crippen molar-refractivity contribution in [3.8, 4) is 45.4 Å². The second kappa shape index (κ2) is 22.2. The summed E-state index contributed by atoms with van der Waals surface area (Å²) in [7, 11) is 1.60. The number of rotatable bonds is 18. The van der Waals surface area contributed by atoms with Gasteiger partial charge in [-0.25, -0.2) is 13.5 Å². The fraction of sp³-hybridized carbons (Fsp3) is 0.368. The number of carbonyl (C=O) groups excluding carboxylic acids is 2. The van der Waals surface area contributed by atoms with Crippen molar-refractivity contribution in [1.29, 1.82) is 0 Å². The van der Waals surface area contributed by atoms with Crippen LogP contribution < -0.4 is 25.0 Å². The summed E-state index contributed by atoms with van der Waals surface area (Å²) in [6.45, 7) is 8.49. The molecular weight excluding hydrogens is 1040 g/mol. The Morgan fingerprint density at radius 2 is 1.73 bits per heavy atom. The number of aromatic amines is 1. The van der Waals surface area contributed by atoms with Gasteiger partial charge in [0.2, 0.25) is 11.8 Å². The van der Waals surface area contributed by atoms with Crippen LogP contribution in [-0.4, -0.2) is 137 Å². The number of nitrogens with zero attached hydrogens (tertiary/aromatic N) is 9. The normalized spacial score (nSPS) is 19.2. The quantitative estimate of drug-likeness (QED) is 0.0568. The lowest BCUT2D eigenvalue weighted by atomic mass is 9.94. The molecule has 0 saturated carbocycles. The van der Waals surface area contributed by atoms with E-state index in [2.05, 4.69) is 41.0 Å². The van der Waals surface area contributed by atoms with Gasteiger partial charge >= 0.3 is 6.01 Å². The van der Waals surface area contributed by atoms with Crippen molar-refractivity contribution in [1.82, 2.24) is 55.7 Å². The number of nitrogens with one attached hydrogen (secondary N) is 3. The van der Waals surface area contributed by atoms with E-state index in [1.807, 2.05) is 51.1 Å². The van der Waals surface area contributed by atoms with Crippen molar-refractivity contribution < 1.29 is 42.8 Å². The lowest BCUT2D eigenvalue weighted by Crippen LogP contribution is -2.50. The average molecular weight is 1100 g/mol. The molecule has 4 aromatic heterocycles. The van der Waals surface area contributed by atoms with Crippen LogP contribution in [0, 0.1) is 24.5 Å². The maximum atomic E-state index is 15.8. The van der Waals surface area contributed by atoms with Gasteiger partial charge in [0.25, 0.3) is 0 Å². The van der Waals surface area contributed by atoms with Gasteiger partial charge in [-0.2, -0.15) is 15.1 Å². The second-order valence-corrected chi connectivity index (χ2v) is 21.2. The van der Waals surface area contributed by atoms with E-state index < -0.39 is 54.3 Å². The molecule has 8 aromatic rings. The van der Waals surface area contributed by atoms with E-state index in [0.717, 1.165) is 25.1 Å². The van der Waals surface area contributed by atoms with Crippen LogP contribution in [0.5, 0.6) is 11.8 Å². The molecule has 0 spiro atoms. The van der Waals surface area contributed by atoms with Crippen LogP contribution >= 0.6 is 11.6 Å². The Bertz CT molecular complexity index is 3570. The highest BCUT2D eigenvalue weighted by atomic mass is 35.5. The monoisotopic (exact) mass is 1100 g/mol. The van der Waals surface area contributed by atoms with Gasteiger partial charge in [0.05, 0.1) is 47.8 Å². The van der Waals surface area contributed by atoms with Crippen molar-refractivity contribution >= 4 is 51.0 Å². The molecule has 0 unspecified atom stereocenters. The molecule has 410 valence electrons. The number of piperazine rings is 1. The second-order valence-electron chi connectivity index (χ2n) is 20.8. The fourth-order valence-corrected chi connectivity index (χ4v) is 11.3. The molecule has 3 saturated heterocycles. The van der Waals surface area contributed by atoms with E-state index in [1.54, 1.807) is 50.7 Å². The minimum Gasteiger partial charge on any atom is -0.486 e. The van der Waals surface area contributed by atoms with Crippen LogP contribution in [0.1, 0.15) is 62.4 Å². The number of H-pyrrole nitrogens is 1. The molecule has 79 heavy (non-hydrogen) atoms. The molecule has 3 aliphatic rings. The first kappa shape index (κ1) is 53.3. The Balaban J connectivity index is 0.852. The number of hydrogen-bond acceptors (Lipinski definition) is 15. The Labute approximate surface area is 458 Å². The van der Waals surface area contributed by atoms with Crippen LogP contribution in [-0.2, 0) is 20.9 Å². The number of β-amino-alcohol motifs (C(OH)–C–C–N with tert-alkyl or cyclic N) is 1. The first-order valence-electron chi connectivity index (χ1n) is 26.2. The molecule has 3 fully saturated rings. The van der Waals surface area contributed by atoms with E-state index in [9.17, 15) is 24.2 Å². The van der Waals surface area contributed by atoms with Crippen molar-refractivity contribution in [3.05, 3.63) is 125 Å². The molecule has 11 rings (SSSR count). The lowest BCUT2D eigenvalue weighted by Gasteiger charge is -2.30. The maximum Gasteiger partial charge on any atom is 0.319 e. The number of likely N-dealkylation sites (tertiary alicyclic amines) is 1. The number of fused-ring (bicyclic) bond motifs is 4. The summed E-state index contributed by atoms with van der Waals surface area (Å²) in [5.74, 6) is -1.29. The molecule has 4 aromatic carbocycles. The van der Waals surface area contributed by atoms with Crippen molar-refractivity contribution in [2.24, 2.45) is 5.92 Å². The zero-order chi connectivity index (χ0) is 55.2. The van der Waals surface area contributed by atoms with E-state index in [1.165, 1.54) is 34.0 Å². The van der Waals surface area contributed by atoms with Gasteiger partial charge in [-0.15, -0.1) is 5.10 Å². The summed E-state index contributed by atoms with van der Waals surface area (Å²) in [6.07, 6.45) is 4.52. The smallest absolute Gasteiger partial charge is 0.319 e. The van der Waals surface area contributed by atoms with Crippen LogP contribution in [0.3, 0.4) is 0 Å². The zero-order valence-corrected chi connectivity index (χ0v) is 44.8. The number of halogens is 3. The minimum atomic E-state index is -1.05. The van der Waals surface area contributed by atoms with Gasteiger partial charge in [0.15, 0.2) is 5.75 Å². The van der Waals surface area contributed by atoms with Gasteiger partial charge in [-0.3, -0.25) is 19.7 Å². The molecular formula is C57H59ClF2N12O7. The maximum absolute atomic E-state index is 15.8. The first-order valence-corrected chi connectivity index (χ1v) is 26.6. The fourth-order valence-electron chi connectivity index (χ4n) is 11.0. The number of aliphatic hydroxyl groups excluding tert-OH is 2. The molecule has 19 nitrogen and oxygen atoms in total. The van der Waals surface area contributed by atoms with Crippen molar-refractivity contribution in [3.63, 3.8) is 0 Å². The summed E-state index contributed by atoms with van der Waals surface area (Å²) >= 11 is 7.37. The average Bonchev–Trinajstić information content (AvgIpc) is 4.47. The Morgan fingerprint density at radius 1 is 0.949 bits per heavy atom. The SMILES string of the molecule is CO[C@@H](C)COc1nc(N2C[C@@H]3C[C@H]2CN3)c2cc(Cl)c(-c3c(C)c(F)cc4[nH]ncc34)c(OCc3ccc(-c4cn([C@H](C(=O)N5C[C@H](O)C[C@H]5C(=O)N[C@@H](CO)c5ccc(-c6ncccc6F)cc5)C(C)C)nn4)cc3)c2n1. The lowest BCUT2D eigenvalue weighted by molar-refractivity contribution is -0.142. The number of ether oxygens (including phenoxy) is 3. The third-order valence-electron chi connectivity index (χ3n) is 15.2. The predicted octanol–water partition coefficient (Wildman–Crippen LogP) is 7.29. The minimum absolute atomic E-state index is 0.0135. The topological polar surface area (TPSA) is 231 Å². The van der Waals surface area contributed by atoms with Gasteiger partial charge in [0, 0.05) is 84.5 Å². The Kier molecular flexibility index (Phi) is 15.0. The van der Waals surface area contributed by atoms with Gasteiger partial charge < -0.3 is 44.9 Å². The number of hydrogen-bond donors (Lipinski definition) is 5. The Morgan fingerprint density at radius 3 is 2.44 bits per heavy atom. The number of pyridine rings is 1. The van der Waals surface area contributed by atoms with Crippen molar-refractivity contribution in [2.75, 3.05) is 44.9 Å². The molecule has 2 amide bonds. The highest BCUT2D eigenvalue weighted by Gasteiger charge is 2.44.